The molecule has 1 heterocycles. The maximum atomic E-state index is 6.11. The molecule has 1 saturated heterocycles. The number of aryl methyl sites for hydroxylation is 1. The lowest BCUT2D eigenvalue weighted by Crippen LogP contribution is -2.36. The highest BCUT2D eigenvalue weighted by Gasteiger charge is 2.15. The predicted octanol–water partition coefficient (Wildman–Crippen LogP) is 7.06. The van der Waals surface area contributed by atoms with Gasteiger partial charge in [0, 0.05) is 27.9 Å². The largest absolute Gasteiger partial charge is 0.379 e. The molecule has 0 aliphatic carbocycles. The van der Waals surface area contributed by atoms with Gasteiger partial charge in [-0.2, -0.15) is 0 Å². The van der Waals surface area contributed by atoms with Crippen molar-refractivity contribution in [3.8, 4) is 0 Å². The zero-order valence-electron chi connectivity index (χ0n) is 17.5. The number of halogens is 1. The lowest BCUT2D eigenvalue weighted by atomic mass is 9.93. The molecule has 5 rings (SSSR count). The Morgan fingerprint density at radius 1 is 0.774 bits per heavy atom. The molecule has 4 heteroatoms. The molecule has 31 heavy (non-hydrogen) atoms. The van der Waals surface area contributed by atoms with E-state index in [4.69, 9.17) is 16.3 Å². The molecule has 0 radical (unpaired) electrons. The molecular formula is C27H26ClNOS. The van der Waals surface area contributed by atoms with Gasteiger partial charge >= 0.3 is 0 Å². The Balaban J connectivity index is 1.54. The molecule has 0 spiro atoms. The van der Waals surface area contributed by atoms with Crippen molar-refractivity contribution in [2.45, 2.75) is 22.6 Å². The van der Waals surface area contributed by atoms with Crippen LogP contribution in [-0.2, 0) is 11.2 Å². The first kappa shape index (κ1) is 20.8. The minimum Gasteiger partial charge on any atom is -0.379 e. The van der Waals surface area contributed by atoms with Gasteiger partial charge in [-0.1, -0.05) is 71.9 Å². The zero-order chi connectivity index (χ0) is 21.0. The minimum atomic E-state index is 0.773. The molecule has 1 aliphatic heterocycles. The standard InChI is InChI=1S/C27H26ClNOS/c28-20-11-13-21(14-12-20)31-27-25-8-3-1-6-23(25)22(24-7-2-4-9-26(24)27)10-5-15-29-16-18-30-19-17-29/h1-4,6-9,11-14H,5,10,15-19H2. The molecule has 4 aromatic carbocycles. The second-order valence-electron chi connectivity index (χ2n) is 8.01. The van der Waals surface area contributed by atoms with Gasteiger partial charge in [0.05, 0.1) is 13.2 Å². The predicted molar refractivity (Wildman–Crippen MR) is 133 cm³/mol. The molecule has 1 fully saturated rings. The smallest absolute Gasteiger partial charge is 0.0594 e. The highest BCUT2D eigenvalue weighted by Crippen LogP contribution is 2.42. The highest BCUT2D eigenvalue weighted by atomic mass is 35.5. The van der Waals surface area contributed by atoms with Crippen LogP contribution >= 0.6 is 23.4 Å². The van der Waals surface area contributed by atoms with Crippen molar-refractivity contribution < 1.29 is 4.74 Å². The van der Waals surface area contributed by atoms with Crippen LogP contribution in [0.25, 0.3) is 21.5 Å². The van der Waals surface area contributed by atoms with Crippen molar-refractivity contribution in [3.05, 3.63) is 83.4 Å². The van der Waals surface area contributed by atoms with E-state index in [0.29, 0.717) is 0 Å². The number of nitrogens with zero attached hydrogens (tertiary/aromatic N) is 1. The molecule has 0 N–H and O–H groups in total. The highest BCUT2D eigenvalue weighted by molar-refractivity contribution is 7.99. The SMILES string of the molecule is Clc1ccc(Sc2c3ccccc3c(CCCN3CCOCC3)c3ccccc23)cc1. The molecule has 0 bridgehead atoms. The Morgan fingerprint density at radius 2 is 1.35 bits per heavy atom. The van der Waals surface area contributed by atoms with Gasteiger partial charge < -0.3 is 4.74 Å². The Hall–Kier alpha value is -2.04. The average Bonchev–Trinajstić information content (AvgIpc) is 2.82. The van der Waals surface area contributed by atoms with Crippen molar-refractivity contribution >= 4 is 44.9 Å². The normalized spacial score (nSPS) is 15.0. The summed E-state index contributed by atoms with van der Waals surface area (Å²) in [5, 5.41) is 6.19. The van der Waals surface area contributed by atoms with E-state index in [1.54, 1.807) is 0 Å². The van der Waals surface area contributed by atoms with Gasteiger partial charge in [-0.15, -0.1) is 0 Å². The molecule has 0 unspecified atom stereocenters. The van der Waals surface area contributed by atoms with Crippen molar-refractivity contribution in [3.63, 3.8) is 0 Å². The van der Waals surface area contributed by atoms with E-state index >= 15 is 0 Å². The lowest BCUT2D eigenvalue weighted by molar-refractivity contribution is 0.0375. The number of rotatable bonds is 6. The van der Waals surface area contributed by atoms with Crippen LogP contribution in [0.1, 0.15) is 12.0 Å². The lowest BCUT2D eigenvalue weighted by Gasteiger charge is -2.26. The Kier molecular flexibility index (Phi) is 6.47. The van der Waals surface area contributed by atoms with Crippen LogP contribution in [0.2, 0.25) is 5.02 Å². The topological polar surface area (TPSA) is 12.5 Å². The van der Waals surface area contributed by atoms with Crippen molar-refractivity contribution in [2.24, 2.45) is 0 Å². The molecule has 158 valence electrons. The Bertz CT molecular complexity index is 1130. The monoisotopic (exact) mass is 447 g/mol. The second-order valence-corrected chi connectivity index (χ2v) is 9.53. The molecule has 0 atom stereocenters. The number of morpholine rings is 1. The van der Waals surface area contributed by atoms with Crippen LogP contribution in [0.3, 0.4) is 0 Å². The summed E-state index contributed by atoms with van der Waals surface area (Å²) < 4.78 is 5.50. The van der Waals surface area contributed by atoms with Gasteiger partial charge in [0.2, 0.25) is 0 Å². The Morgan fingerprint density at radius 3 is 1.97 bits per heavy atom. The fourth-order valence-electron chi connectivity index (χ4n) is 4.48. The summed E-state index contributed by atoms with van der Waals surface area (Å²) >= 11 is 7.94. The van der Waals surface area contributed by atoms with E-state index in [0.717, 1.165) is 50.7 Å². The van der Waals surface area contributed by atoms with E-state index in [9.17, 15) is 0 Å². The van der Waals surface area contributed by atoms with Gasteiger partial charge in [-0.3, -0.25) is 4.90 Å². The average molecular weight is 448 g/mol. The fraction of sp³-hybridized carbons (Fsp3) is 0.259. The summed E-state index contributed by atoms with van der Waals surface area (Å²) in [6, 6.07) is 25.9. The maximum Gasteiger partial charge on any atom is 0.0594 e. The summed E-state index contributed by atoms with van der Waals surface area (Å²) in [4.78, 5) is 5.06. The van der Waals surface area contributed by atoms with E-state index in [2.05, 4.69) is 65.6 Å². The first-order chi connectivity index (χ1) is 15.3. The van der Waals surface area contributed by atoms with Crippen LogP contribution in [-0.4, -0.2) is 37.7 Å². The molecule has 0 saturated carbocycles. The summed E-state index contributed by atoms with van der Waals surface area (Å²) in [5.74, 6) is 0. The molecule has 0 aromatic heterocycles. The molecule has 1 aliphatic rings. The molecule has 2 nitrogen and oxygen atoms in total. The van der Waals surface area contributed by atoms with Crippen LogP contribution in [0.4, 0.5) is 0 Å². The minimum absolute atomic E-state index is 0.773. The number of hydrogen-bond donors (Lipinski definition) is 0. The van der Waals surface area contributed by atoms with Gasteiger partial charge in [0.25, 0.3) is 0 Å². The van der Waals surface area contributed by atoms with Crippen molar-refractivity contribution in [1.82, 2.24) is 4.90 Å². The molecule has 4 aromatic rings. The number of ether oxygens (including phenoxy) is 1. The van der Waals surface area contributed by atoms with Crippen LogP contribution in [0.15, 0.2) is 82.6 Å². The van der Waals surface area contributed by atoms with Gasteiger partial charge in [-0.05, 0) is 70.8 Å². The van der Waals surface area contributed by atoms with Crippen molar-refractivity contribution in [2.75, 3.05) is 32.8 Å². The summed E-state index contributed by atoms with van der Waals surface area (Å²) in [7, 11) is 0. The summed E-state index contributed by atoms with van der Waals surface area (Å²) in [5.41, 5.74) is 1.47. The van der Waals surface area contributed by atoms with Crippen molar-refractivity contribution in [1.29, 1.82) is 0 Å². The number of fused-ring (bicyclic) bond motifs is 2. The van der Waals surface area contributed by atoms with Gasteiger partial charge in [-0.25, -0.2) is 0 Å². The van der Waals surface area contributed by atoms with Crippen LogP contribution in [0.5, 0.6) is 0 Å². The number of benzene rings is 4. The Labute approximate surface area is 193 Å². The third-order valence-corrected chi connectivity index (χ3v) is 7.44. The zero-order valence-corrected chi connectivity index (χ0v) is 19.1. The van der Waals surface area contributed by atoms with Gasteiger partial charge in [0.15, 0.2) is 0 Å². The fourth-order valence-corrected chi connectivity index (χ4v) is 5.69. The van der Waals surface area contributed by atoms with E-state index in [1.807, 2.05) is 23.9 Å². The van der Waals surface area contributed by atoms with E-state index < -0.39 is 0 Å². The number of hydrogen-bond acceptors (Lipinski definition) is 3. The molecular weight excluding hydrogens is 422 g/mol. The van der Waals surface area contributed by atoms with E-state index in [-0.39, 0.29) is 0 Å². The second kappa shape index (κ2) is 9.62. The maximum absolute atomic E-state index is 6.11. The molecule has 0 amide bonds. The van der Waals surface area contributed by atoms with Crippen LogP contribution in [0, 0.1) is 0 Å². The quantitative estimate of drug-likeness (QED) is 0.293. The third-order valence-electron chi connectivity index (χ3n) is 6.03. The first-order valence-corrected chi connectivity index (χ1v) is 12.1. The summed E-state index contributed by atoms with van der Waals surface area (Å²) in [6.07, 6.45) is 2.25. The first-order valence-electron chi connectivity index (χ1n) is 11.0. The van der Waals surface area contributed by atoms with Crippen LogP contribution < -0.4 is 0 Å². The van der Waals surface area contributed by atoms with E-state index in [1.165, 1.54) is 36.9 Å². The summed E-state index contributed by atoms with van der Waals surface area (Å²) in [6.45, 7) is 4.97. The van der Waals surface area contributed by atoms with Gasteiger partial charge in [0.1, 0.15) is 0 Å². The third kappa shape index (κ3) is 4.61.